The molecule has 0 aliphatic carbocycles. The van der Waals surface area contributed by atoms with Gasteiger partial charge in [-0.15, -0.1) is 0 Å². The van der Waals surface area contributed by atoms with Crippen LogP contribution in [-0.2, 0) is 6.42 Å². The Bertz CT molecular complexity index is 887. The molecule has 0 amide bonds. The second-order valence-electron chi connectivity index (χ2n) is 6.61. The number of nitriles is 1. The number of hydrogen-bond acceptors (Lipinski definition) is 7. The third kappa shape index (κ3) is 4.12. The number of para-hydroxylation sites is 1. The molecule has 0 bridgehead atoms. The van der Waals surface area contributed by atoms with Gasteiger partial charge in [0, 0.05) is 45.7 Å². The molecule has 7 heteroatoms. The van der Waals surface area contributed by atoms with Crippen molar-refractivity contribution in [2.75, 3.05) is 56.6 Å². The maximum Gasteiger partial charge on any atom is 0.253 e. The van der Waals surface area contributed by atoms with Crippen molar-refractivity contribution in [1.29, 1.82) is 5.26 Å². The summed E-state index contributed by atoms with van der Waals surface area (Å²) in [6.07, 6.45) is 1.21. The van der Waals surface area contributed by atoms with Crippen molar-refractivity contribution in [3.05, 3.63) is 50.3 Å². The van der Waals surface area contributed by atoms with Crippen LogP contribution < -0.4 is 25.8 Å². The summed E-state index contributed by atoms with van der Waals surface area (Å²) >= 11 is 0. The lowest BCUT2D eigenvalue weighted by Gasteiger charge is -2.36. The highest BCUT2D eigenvalue weighted by molar-refractivity contribution is 5.75. The van der Waals surface area contributed by atoms with Gasteiger partial charge in [-0.2, -0.15) is 5.26 Å². The fourth-order valence-corrected chi connectivity index (χ4v) is 3.48. The second kappa shape index (κ2) is 8.69. The number of piperazine rings is 1. The summed E-state index contributed by atoms with van der Waals surface area (Å²) in [5, 5.41) is 11.8. The average Bonchev–Trinajstić information content (AvgIpc) is 2.72. The van der Waals surface area contributed by atoms with E-state index in [9.17, 15) is 9.59 Å². The SMILES string of the molecule is COc1ccccc1CCNc1c(N2CCN(CCC#N)CC2)c(=O)c1=O. The number of benzene rings is 1. The summed E-state index contributed by atoms with van der Waals surface area (Å²) in [6, 6.07) is 9.92. The molecule has 0 radical (unpaired) electrons. The van der Waals surface area contributed by atoms with E-state index in [-0.39, 0.29) is 0 Å². The van der Waals surface area contributed by atoms with E-state index in [2.05, 4.69) is 16.3 Å². The molecule has 0 atom stereocenters. The van der Waals surface area contributed by atoms with Gasteiger partial charge in [0.1, 0.15) is 17.1 Å². The molecule has 2 aromatic carbocycles. The summed E-state index contributed by atoms with van der Waals surface area (Å²) in [6.45, 7) is 4.28. The number of nitrogens with one attached hydrogen (secondary N) is 1. The van der Waals surface area contributed by atoms with E-state index in [0.717, 1.165) is 30.9 Å². The molecule has 1 fully saturated rings. The van der Waals surface area contributed by atoms with Crippen LogP contribution in [0.15, 0.2) is 33.9 Å². The fraction of sp³-hybridized carbons (Fsp3) is 0.450. The van der Waals surface area contributed by atoms with Gasteiger partial charge >= 0.3 is 0 Å². The van der Waals surface area contributed by atoms with E-state index in [0.29, 0.717) is 43.9 Å². The maximum atomic E-state index is 12.1. The Balaban J connectivity index is 1.59. The first-order valence-electron chi connectivity index (χ1n) is 9.19. The maximum absolute atomic E-state index is 12.1. The molecular formula is C20H24N4O3. The molecule has 2 aromatic rings. The number of rotatable bonds is 8. The van der Waals surface area contributed by atoms with Crippen LogP contribution in [0, 0.1) is 11.3 Å². The van der Waals surface area contributed by atoms with Crippen LogP contribution in [0.1, 0.15) is 12.0 Å². The van der Waals surface area contributed by atoms with Crippen LogP contribution >= 0.6 is 0 Å². The van der Waals surface area contributed by atoms with E-state index < -0.39 is 10.9 Å². The summed E-state index contributed by atoms with van der Waals surface area (Å²) in [7, 11) is 1.64. The molecular weight excluding hydrogens is 344 g/mol. The van der Waals surface area contributed by atoms with Crippen LogP contribution in [0.2, 0.25) is 0 Å². The molecule has 0 spiro atoms. The Labute approximate surface area is 158 Å². The number of anilines is 2. The predicted octanol–water partition coefficient (Wildman–Crippen LogP) is 0.981. The third-order valence-electron chi connectivity index (χ3n) is 5.00. The van der Waals surface area contributed by atoms with Crippen LogP contribution in [0.25, 0.3) is 0 Å². The second-order valence-corrected chi connectivity index (χ2v) is 6.61. The zero-order chi connectivity index (χ0) is 19.2. The molecule has 1 N–H and O–H groups in total. The minimum absolute atomic E-state index is 0.403. The number of ether oxygens (including phenoxy) is 1. The van der Waals surface area contributed by atoms with Gasteiger partial charge in [0.25, 0.3) is 10.9 Å². The number of methoxy groups -OCH3 is 1. The molecule has 3 rings (SSSR count). The Morgan fingerprint density at radius 3 is 2.59 bits per heavy atom. The molecule has 0 saturated carbocycles. The van der Waals surface area contributed by atoms with Crippen molar-refractivity contribution in [3.63, 3.8) is 0 Å². The summed E-state index contributed by atoms with van der Waals surface area (Å²) in [4.78, 5) is 28.3. The van der Waals surface area contributed by atoms with Gasteiger partial charge in [-0.3, -0.25) is 14.5 Å². The molecule has 7 nitrogen and oxygen atoms in total. The lowest BCUT2D eigenvalue weighted by molar-refractivity contribution is 0.263. The Morgan fingerprint density at radius 2 is 1.89 bits per heavy atom. The Kier molecular flexibility index (Phi) is 6.09. The smallest absolute Gasteiger partial charge is 0.253 e. The summed E-state index contributed by atoms with van der Waals surface area (Å²) < 4.78 is 5.34. The van der Waals surface area contributed by atoms with Crippen molar-refractivity contribution in [1.82, 2.24) is 4.90 Å². The van der Waals surface area contributed by atoms with Crippen molar-refractivity contribution in [2.24, 2.45) is 0 Å². The first-order chi connectivity index (χ1) is 13.2. The normalized spacial score (nSPS) is 14.9. The lowest BCUT2D eigenvalue weighted by atomic mass is 10.1. The van der Waals surface area contributed by atoms with Gasteiger partial charge in [0.15, 0.2) is 0 Å². The highest BCUT2D eigenvalue weighted by atomic mass is 16.5. The van der Waals surface area contributed by atoms with Gasteiger partial charge in [-0.25, -0.2) is 0 Å². The molecule has 27 heavy (non-hydrogen) atoms. The largest absolute Gasteiger partial charge is 0.496 e. The number of nitrogens with zero attached hydrogens (tertiary/aromatic N) is 3. The summed E-state index contributed by atoms with van der Waals surface area (Å²) in [5.74, 6) is 0.818. The zero-order valence-corrected chi connectivity index (χ0v) is 15.5. The first kappa shape index (κ1) is 18.9. The van der Waals surface area contributed by atoms with Crippen molar-refractivity contribution in [2.45, 2.75) is 12.8 Å². The van der Waals surface area contributed by atoms with E-state index in [1.807, 2.05) is 29.2 Å². The fourth-order valence-electron chi connectivity index (χ4n) is 3.48. The molecule has 1 heterocycles. The minimum Gasteiger partial charge on any atom is -0.496 e. The monoisotopic (exact) mass is 368 g/mol. The molecule has 1 saturated heterocycles. The van der Waals surface area contributed by atoms with Gasteiger partial charge < -0.3 is 15.0 Å². The third-order valence-corrected chi connectivity index (χ3v) is 5.00. The number of hydrogen-bond donors (Lipinski definition) is 1. The molecule has 1 aliphatic heterocycles. The molecule has 0 aromatic heterocycles. The molecule has 1 aliphatic rings. The average molecular weight is 368 g/mol. The van der Waals surface area contributed by atoms with Crippen molar-refractivity contribution in [3.8, 4) is 11.8 Å². The van der Waals surface area contributed by atoms with Gasteiger partial charge in [-0.1, -0.05) is 18.2 Å². The van der Waals surface area contributed by atoms with Crippen molar-refractivity contribution >= 4 is 11.4 Å². The van der Waals surface area contributed by atoms with Crippen LogP contribution in [0.3, 0.4) is 0 Å². The van der Waals surface area contributed by atoms with Gasteiger partial charge in [0.05, 0.1) is 13.2 Å². The van der Waals surface area contributed by atoms with Gasteiger partial charge in [-0.05, 0) is 18.1 Å². The first-order valence-corrected chi connectivity index (χ1v) is 9.19. The minimum atomic E-state index is -0.433. The molecule has 0 unspecified atom stereocenters. The van der Waals surface area contributed by atoms with Crippen LogP contribution in [0.5, 0.6) is 5.75 Å². The standard InChI is InChI=1S/C20H24N4O3/c1-27-16-6-3-2-5-15(16)7-9-22-17-18(20(26)19(17)25)24-13-11-23(12-14-24)10-4-8-21/h2-3,5-6,22H,4,7,9-14H2,1H3. The van der Waals surface area contributed by atoms with Crippen LogP contribution in [0.4, 0.5) is 11.4 Å². The highest BCUT2D eigenvalue weighted by Crippen LogP contribution is 2.22. The van der Waals surface area contributed by atoms with Crippen LogP contribution in [-0.4, -0.2) is 51.3 Å². The lowest BCUT2D eigenvalue weighted by Crippen LogP contribution is -2.51. The molecule has 142 valence electrons. The van der Waals surface area contributed by atoms with E-state index >= 15 is 0 Å². The Morgan fingerprint density at radius 1 is 1.15 bits per heavy atom. The van der Waals surface area contributed by atoms with Gasteiger partial charge in [0.2, 0.25) is 0 Å². The van der Waals surface area contributed by atoms with E-state index in [1.165, 1.54) is 0 Å². The Hall–Kier alpha value is -2.85. The van der Waals surface area contributed by atoms with E-state index in [4.69, 9.17) is 10.00 Å². The van der Waals surface area contributed by atoms with E-state index in [1.54, 1.807) is 7.11 Å². The quantitative estimate of drug-likeness (QED) is 0.695. The predicted molar refractivity (Wildman–Crippen MR) is 105 cm³/mol. The topological polar surface area (TPSA) is 85.7 Å². The highest BCUT2D eigenvalue weighted by Gasteiger charge is 2.28. The zero-order valence-electron chi connectivity index (χ0n) is 15.5. The van der Waals surface area contributed by atoms with Crippen molar-refractivity contribution < 1.29 is 4.74 Å². The summed E-state index contributed by atoms with van der Waals surface area (Å²) in [5.41, 5.74) is 1.16.